The Bertz CT molecular complexity index is 1070. The molecule has 0 radical (unpaired) electrons. The molecule has 1 fully saturated rings. The number of hydrogen-bond donors (Lipinski definition) is 1. The zero-order valence-electron chi connectivity index (χ0n) is 17.4. The molecule has 4 rings (SSSR count). The summed E-state index contributed by atoms with van der Waals surface area (Å²) in [6, 6.07) is 8.28. The first-order chi connectivity index (χ1) is 14.0. The van der Waals surface area contributed by atoms with E-state index in [0.29, 0.717) is 11.3 Å². The summed E-state index contributed by atoms with van der Waals surface area (Å²) in [6.45, 7) is 5.80. The molecule has 1 aliphatic heterocycles. The van der Waals surface area contributed by atoms with Crippen molar-refractivity contribution in [1.82, 2.24) is 14.9 Å². The minimum absolute atomic E-state index is 0.0625. The molecule has 1 amide bonds. The summed E-state index contributed by atoms with van der Waals surface area (Å²) in [7, 11) is 3.24. The lowest BCUT2D eigenvalue weighted by Crippen LogP contribution is -2.43. The van der Waals surface area contributed by atoms with Crippen LogP contribution < -0.4 is 10.1 Å². The fourth-order valence-corrected chi connectivity index (χ4v) is 3.98. The number of carbonyl (C=O) groups excluding carboxylic acids is 1. The molecule has 1 N–H and O–H groups in total. The number of benzene rings is 1. The number of amides is 1. The third kappa shape index (κ3) is 3.27. The number of pyridine rings is 1. The van der Waals surface area contributed by atoms with Crippen molar-refractivity contribution in [2.75, 3.05) is 27.4 Å². The van der Waals surface area contributed by atoms with Gasteiger partial charge in [-0.05, 0) is 41.3 Å². The van der Waals surface area contributed by atoms with Crippen LogP contribution in [-0.4, -0.2) is 42.9 Å². The van der Waals surface area contributed by atoms with Gasteiger partial charge in [-0.2, -0.15) is 5.10 Å². The highest BCUT2D eigenvalue weighted by atomic mass is 16.5. The number of nitrogens with zero attached hydrogens (tertiary/aromatic N) is 2. The molecule has 6 nitrogen and oxygen atoms in total. The molecule has 0 saturated carbocycles. The van der Waals surface area contributed by atoms with Gasteiger partial charge in [-0.3, -0.25) is 4.79 Å². The first-order valence-electron chi connectivity index (χ1n) is 9.99. The molecule has 6 heteroatoms. The van der Waals surface area contributed by atoms with E-state index in [4.69, 9.17) is 9.47 Å². The predicted octanol–water partition coefficient (Wildman–Crippen LogP) is 3.61. The second kappa shape index (κ2) is 7.52. The Morgan fingerprint density at radius 3 is 2.76 bits per heavy atom. The lowest BCUT2D eigenvalue weighted by atomic mass is 9.82. The van der Waals surface area contributed by atoms with Crippen molar-refractivity contribution in [3.05, 3.63) is 53.3 Å². The Morgan fingerprint density at radius 1 is 1.34 bits per heavy atom. The van der Waals surface area contributed by atoms with E-state index in [9.17, 15) is 4.79 Å². The van der Waals surface area contributed by atoms with Crippen LogP contribution in [0.2, 0.25) is 0 Å². The number of hydrogen-bond acceptors (Lipinski definition) is 4. The highest BCUT2D eigenvalue weighted by Gasteiger charge is 2.35. The van der Waals surface area contributed by atoms with Crippen molar-refractivity contribution in [2.45, 2.75) is 32.1 Å². The van der Waals surface area contributed by atoms with Gasteiger partial charge < -0.3 is 14.8 Å². The first-order valence-corrected chi connectivity index (χ1v) is 9.99. The fourth-order valence-electron chi connectivity index (χ4n) is 3.98. The Morgan fingerprint density at radius 2 is 2.14 bits per heavy atom. The normalized spacial score (nSPS) is 15.2. The Kier molecular flexibility index (Phi) is 5.04. The minimum Gasteiger partial charge on any atom is -0.496 e. The number of methoxy groups -OCH3 is 1. The second-order valence-electron chi connectivity index (χ2n) is 7.90. The van der Waals surface area contributed by atoms with Gasteiger partial charge in [-0.25, -0.2) is 4.52 Å². The first kappa shape index (κ1) is 19.5. The van der Waals surface area contributed by atoms with Gasteiger partial charge >= 0.3 is 0 Å². The molecule has 0 bridgehead atoms. The Balaban J connectivity index is 1.82. The van der Waals surface area contributed by atoms with Gasteiger partial charge in [0.15, 0.2) is 0 Å². The number of nitrogens with one attached hydrogen (secondary N) is 1. The van der Waals surface area contributed by atoms with Crippen LogP contribution in [0.3, 0.4) is 0 Å². The van der Waals surface area contributed by atoms with Crippen molar-refractivity contribution in [2.24, 2.45) is 0 Å². The summed E-state index contributed by atoms with van der Waals surface area (Å²) in [5.74, 6) is 0.456. The van der Waals surface area contributed by atoms with Crippen LogP contribution >= 0.6 is 0 Å². The minimum atomic E-state index is -0.127. The van der Waals surface area contributed by atoms with Crippen LogP contribution in [0.15, 0.2) is 36.7 Å². The number of fused-ring (bicyclic) bond motifs is 1. The second-order valence-corrected chi connectivity index (χ2v) is 7.90. The quantitative estimate of drug-likeness (QED) is 0.695. The summed E-state index contributed by atoms with van der Waals surface area (Å²) >= 11 is 0. The molecule has 1 aliphatic rings. The van der Waals surface area contributed by atoms with Gasteiger partial charge in [0.25, 0.3) is 5.91 Å². The molecule has 3 aromatic rings. The Hall–Kier alpha value is -2.86. The molecule has 152 valence electrons. The summed E-state index contributed by atoms with van der Waals surface area (Å²) in [5, 5.41) is 7.31. The molecule has 1 aromatic carbocycles. The third-order valence-corrected chi connectivity index (χ3v) is 5.74. The number of aromatic nitrogens is 2. The largest absolute Gasteiger partial charge is 0.496 e. The molecule has 0 spiro atoms. The summed E-state index contributed by atoms with van der Waals surface area (Å²) in [6.07, 6.45) is 5.71. The van der Waals surface area contributed by atoms with Crippen molar-refractivity contribution in [1.29, 1.82) is 0 Å². The average Bonchev–Trinajstić information content (AvgIpc) is 3.14. The molecular formula is C23H27N3O3. The van der Waals surface area contributed by atoms with Crippen molar-refractivity contribution < 1.29 is 14.3 Å². The van der Waals surface area contributed by atoms with Gasteiger partial charge in [0.05, 0.1) is 37.6 Å². The highest BCUT2D eigenvalue weighted by Crippen LogP contribution is 2.35. The molecule has 2 aromatic heterocycles. The topological polar surface area (TPSA) is 64.9 Å². The van der Waals surface area contributed by atoms with Gasteiger partial charge in [-0.1, -0.05) is 26.3 Å². The van der Waals surface area contributed by atoms with Gasteiger partial charge in [0.1, 0.15) is 5.75 Å². The van der Waals surface area contributed by atoms with Gasteiger partial charge in [-0.15, -0.1) is 0 Å². The van der Waals surface area contributed by atoms with Crippen molar-refractivity contribution in [3.8, 4) is 16.9 Å². The van der Waals surface area contributed by atoms with E-state index in [1.54, 1.807) is 14.2 Å². The molecule has 0 aliphatic carbocycles. The number of carbonyl (C=O) groups is 1. The van der Waals surface area contributed by atoms with Crippen LogP contribution in [-0.2, 0) is 16.6 Å². The van der Waals surface area contributed by atoms with E-state index in [-0.39, 0.29) is 11.3 Å². The number of rotatable bonds is 6. The summed E-state index contributed by atoms with van der Waals surface area (Å²) in [4.78, 5) is 12.4. The average molecular weight is 393 g/mol. The monoisotopic (exact) mass is 393 g/mol. The van der Waals surface area contributed by atoms with E-state index in [2.05, 4.69) is 48.7 Å². The van der Waals surface area contributed by atoms with E-state index >= 15 is 0 Å². The van der Waals surface area contributed by atoms with E-state index in [1.165, 1.54) is 5.56 Å². The zero-order valence-corrected chi connectivity index (χ0v) is 17.4. The maximum absolute atomic E-state index is 12.4. The number of ether oxygens (including phenoxy) is 2. The van der Waals surface area contributed by atoms with E-state index in [0.717, 1.165) is 48.3 Å². The molecule has 29 heavy (non-hydrogen) atoms. The van der Waals surface area contributed by atoms with Crippen LogP contribution in [0.1, 0.15) is 41.8 Å². The molecule has 3 heterocycles. The lowest BCUT2D eigenvalue weighted by molar-refractivity contribution is -0.0502. The van der Waals surface area contributed by atoms with Gasteiger partial charge in [0, 0.05) is 24.2 Å². The molecular weight excluding hydrogens is 366 g/mol. The SMILES string of the molecule is CCCc1cc(-c2cnn3cc(C4(C)COC4)ccc23)cc(OC)c1C(=O)NC. The predicted molar refractivity (Wildman–Crippen MR) is 113 cm³/mol. The Labute approximate surface area is 170 Å². The standard InChI is InChI=1S/C23H27N3O3/c1-5-6-15-9-16(10-20(28-4)21(15)22(27)24-3)18-11-25-26-12-17(7-8-19(18)26)23(2)13-29-14-23/h7-12H,5-6,13-14H2,1-4H3,(H,24,27). The van der Waals surface area contributed by atoms with Crippen LogP contribution in [0.4, 0.5) is 0 Å². The third-order valence-electron chi connectivity index (χ3n) is 5.74. The lowest BCUT2D eigenvalue weighted by Gasteiger charge is -2.38. The smallest absolute Gasteiger partial charge is 0.255 e. The van der Waals surface area contributed by atoms with E-state index < -0.39 is 0 Å². The molecule has 0 atom stereocenters. The number of aryl methyl sites for hydroxylation is 1. The zero-order chi connectivity index (χ0) is 20.6. The maximum Gasteiger partial charge on any atom is 0.255 e. The van der Waals surface area contributed by atoms with Crippen LogP contribution in [0.25, 0.3) is 16.6 Å². The fraction of sp³-hybridized carbons (Fsp3) is 0.391. The van der Waals surface area contributed by atoms with E-state index in [1.807, 2.05) is 16.8 Å². The summed E-state index contributed by atoms with van der Waals surface area (Å²) < 4.78 is 12.9. The molecule has 1 saturated heterocycles. The maximum atomic E-state index is 12.4. The van der Waals surface area contributed by atoms with Gasteiger partial charge in [0.2, 0.25) is 0 Å². The van der Waals surface area contributed by atoms with Crippen LogP contribution in [0, 0.1) is 0 Å². The van der Waals surface area contributed by atoms with Crippen molar-refractivity contribution >= 4 is 11.4 Å². The summed E-state index contributed by atoms with van der Waals surface area (Å²) in [5.41, 5.74) is 5.92. The van der Waals surface area contributed by atoms with Crippen LogP contribution in [0.5, 0.6) is 5.75 Å². The van der Waals surface area contributed by atoms with Crippen molar-refractivity contribution in [3.63, 3.8) is 0 Å². The highest BCUT2D eigenvalue weighted by molar-refractivity contribution is 5.99. The molecule has 0 unspecified atom stereocenters.